The van der Waals surface area contributed by atoms with Gasteiger partial charge >= 0.3 is 0 Å². The largest absolute Gasteiger partial charge is 0.364 e. The maximum absolute atomic E-state index is 13.3. The number of rotatable bonds is 7. The highest BCUT2D eigenvalue weighted by Crippen LogP contribution is 2.40. The summed E-state index contributed by atoms with van der Waals surface area (Å²) in [7, 11) is -1.21. The van der Waals surface area contributed by atoms with Gasteiger partial charge in [-0.25, -0.2) is 4.98 Å². The summed E-state index contributed by atoms with van der Waals surface area (Å²) >= 11 is 10.2. The molecule has 1 aromatic carbocycles. The van der Waals surface area contributed by atoms with Crippen LogP contribution in [-0.4, -0.2) is 34.4 Å². The topological polar surface area (TPSA) is 85.9 Å². The van der Waals surface area contributed by atoms with Crippen molar-refractivity contribution in [2.45, 2.75) is 39.3 Å². The molecule has 0 spiro atoms. The lowest BCUT2D eigenvalue weighted by atomic mass is 9.94. The monoisotopic (exact) mass is 584 g/mol. The van der Waals surface area contributed by atoms with Gasteiger partial charge in [0.2, 0.25) is 0 Å². The molecule has 0 unspecified atom stereocenters. The summed E-state index contributed by atoms with van der Waals surface area (Å²) in [5, 5.41) is 6.18. The van der Waals surface area contributed by atoms with Gasteiger partial charge in [-0.05, 0) is 30.7 Å². The quantitative estimate of drug-likeness (QED) is 0.161. The Morgan fingerprint density at radius 3 is 2.58 bits per heavy atom. The second-order valence-electron chi connectivity index (χ2n) is 10.1. The predicted octanol–water partition coefficient (Wildman–Crippen LogP) is 7.24. The maximum atomic E-state index is 13.3. The number of ether oxygens (including phenoxy) is 1. The number of aromatic amines is 1. The van der Waals surface area contributed by atoms with Gasteiger partial charge in [0.1, 0.15) is 17.5 Å². The number of aromatic nitrogens is 4. The summed E-state index contributed by atoms with van der Waals surface area (Å²) < 4.78 is 14.3. The molecule has 187 valence electrons. The summed E-state index contributed by atoms with van der Waals surface area (Å²) in [5.74, 6) is 0.402. The van der Waals surface area contributed by atoms with Crippen molar-refractivity contribution in [3.8, 4) is 22.5 Å². The molecule has 0 atom stereocenters. The highest BCUT2D eigenvalue weighted by atomic mass is 79.9. The molecule has 0 aliphatic carbocycles. The highest BCUT2D eigenvalue weighted by molar-refractivity contribution is 9.10. The van der Waals surface area contributed by atoms with Gasteiger partial charge in [-0.15, -0.1) is 14.1 Å². The van der Waals surface area contributed by atoms with E-state index in [1.54, 1.807) is 12.3 Å². The molecule has 0 saturated heterocycles. The molecule has 0 aliphatic heterocycles. The molecule has 0 radical (unpaired) electrons. The van der Waals surface area contributed by atoms with Crippen molar-refractivity contribution in [3.05, 3.63) is 68.3 Å². The van der Waals surface area contributed by atoms with Crippen LogP contribution in [0.3, 0.4) is 0 Å². The van der Waals surface area contributed by atoms with Crippen molar-refractivity contribution in [2.75, 3.05) is 6.61 Å². The van der Waals surface area contributed by atoms with Crippen LogP contribution in [0, 0.1) is 6.92 Å². The molecule has 0 amide bonds. The number of nitrogens with one attached hydrogen (secondary N) is 1. The number of hydrogen-bond acceptors (Lipinski definition) is 5. The number of H-pyrrole nitrogens is 1. The van der Waals surface area contributed by atoms with E-state index in [1.165, 1.54) is 0 Å². The average molecular weight is 586 g/mol. The summed E-state index contributed by atoms with van der Waals surface area (Å²) in [4.78, 5) is 21.0. The smallest absolute Gasteiger partial charge is 0.260 e. The Kier molecular flexibility index (Phi) is 6.67. The molecule has 0 saturated carbocycles. The summed E-state index contributed by atoms with van der Waals surface area (Å²) in [6.45, 7) is 9.76. The fourth-order valence-corrected chi connectivity index (χ4v) is 5.49. The van der Waals surface area contributed by atoms with Gasteiger partial charge in [0.15, 0.2) is 5.76 Å². The van der Waals surface area contributed by atoms with E-state index in [2.05, 4.69) is 50.7 Å². The first-order chi connectivity index (χ1) is 17.1. The minimum atomic E-state index is -1.21. The third-order valence-electron chi connectivity index (χ3n) is 6.07. The van der Waals surface area contributed by atoms with Crippen LogP contribution in [0.4, 0.5) is 0 Å². The zero-order chi connectivity index (χ0) is 25.6. The van der Waals surface area contributed by atoms with Crippen LogP contribution >= 0.6 is 27.5 Å². The third-order valence-corrected chi connectivity index (χ3v) is 8.62. The van der Waals surface area contributed by atoms with Crippen LogP contribution in [0.2, 0.25) is 30.8 Å². The molecule has 5 aromatic rings. The van der Waals surface area contributed by atoms with Crippen LogP contribution in [0.5, 0.6) is 0 Å². The van der Waals surface area contributed by atoms with E-state index in [0.717, 1.165) is 32.4 Å². The molecule has 1 N–H and O–H groups in total. The molecule has 10 heteroatoms. The van der Waals surface area contributed by atoms with Gasteiger partial charge in [-0.3, -0.25) is 9.36 Å². The van der Waals surface area contributed by atoms with Crippen molar-refractivity contribution in [1.29, 1.82) is 0 Å². The first-order valence-corrected chi connectivity index (χ1v) is 16.5. The van der Waals surface area contributed by atoms with Crippen molar-refractivity contribution in [1.82, 2.24) is 19.7 Å². The van der Waals surface area contributed by atoms with Gasteiger partial charge in [0.25, 0.3) is 5.56 Å². The van der Waals surface area contributed by atoms with Crippen LogP contribution in [0.15, 0.2) is 56.4 Å². The molecular formula is C26H26BrClN4O3Si-. The lowest BCUT2D eigenvalue weighted by molar-refractivity contribution is 0.0901. The van der Waals surface area contributed by atoms with Gasteiger partial charge in [0.05, 0.1) is 23.0 Å². The van der Waals surface area contributed by atoms with Crippen molar-refractivity contribution < 1.29 is 9.26 Å². The van der Waals surface area contributed by atoms with Crippen LogP contribution < -0.4 is 5.56 Å². The fourth-order valence-electron chi connectivity index (χ4n) is 4.23. The molecular weight excluding hydrogens is 560 g/mol. The van der Waals surface area contributed by atoms with Gasteiger partial charge in [-0.1, -0.05) is 44.8 Å². The maximum Gasteiger partial charge on any atom is 0.260 e. The Bertz CT molecular complexity index is 1630. The SMILES string of the molecule is Cc1cc(-c2c(-c3ccc(Br)cc3)c3c(cnc4c3cc(Cl)n4COCC[Si-](C)(C)C)[nH]c2=O)on1. The minimum absolute atomic E-state index is 0.280. The lowest BCUT2D eigenvalue weighted by Crippen LogP contribution is -2.22. The number of aryl methyl sites for hydroxylation is 1. The Balaban J connectivity index is 1.75. The molecule has 4 heterocycles. The Labute approximate surface area is 222 Å². The van der Waals surface area contributed by atoms with E-state index < -0.39 is 8.07 Å². The molecule has 0 fully saturated rings. The molecule has 7 nitrogen and oxygen atoms in total. The first kappa shape index (κ1) is 24.9. The third kappa shape index (κ3) is 4.80. The van der Waals surface area contributed by atoms with Crippen LogP contribution in [0.1, 0.15) is 5.69 Å². The number of halogens is 2. The molecule has 0 aliphatic rings. The van der Waals surface area contributed by atoms with E-state index in [9.17, 15) is 4.79 Å². The van der Waals surface area contributed by atoms with Crippen molar-refractivity contribution >= 4 is 57.5 Å². The normalized spacial score (nSPS) is 12.2. The molecule has 0 bridgehead atoms. The zero-order valence-electron chi connectivity index (χ0n) is 20.5. The fraction of sp³-hybridized carbons (Fsp3) is 0.269. The van der Waals surface area contributed by atoms with E-state index in [-0.39, 0.29) is 5.56 Å². The van der Waals surface area contributed by atoms with Gasteiger partial charge in [0, 0.05) is 33.5 Å². The van der Waals surface area contributed by atoms with Crippen molar-refractivity contribution in [2.24, 2.45) is 0 Å². The second-order valence-corrected chi connectivity index (χ2v) is 17.0. The number of hydrogen-bond donors (Lipinski definition) is 1. The number of pyridine rings is 2. The highest BCUT2D eigenvalue weighted by Gasteiger charge is 2.23. The predicted molar refractivity (Wildman–Crippen MR) is 150 cm³/mol. The van der Waals surface area contributed by atoms with Crippen LogP contribution in [-0.2, 0) is 11.5 Å². The van der Waals surface area contributed by atoms with Gasteiger partial charge < -0.3 is 14.2 Å². The first-order valence-electron chi connectivity index (χ1n) is 11.6. The molecule has 5 rings (SSSR count). The Hall–Kier alpha value is -2.72. The van der Waals surface area contributed by atoms with E-state index >= 15 is 0 Å². The summed E-state index contributed by atoms with van der Waals surface area (Å²) in [6.07, 6.45) is 1.67. The number of benzene rings is 1. The summed E-state index contributed by atoms with van der Waals surface area (Å²) in [5.41, 5.74) is 3.71. The van der Waals surface area contributed by atoms with Crippen molar-refractivity contribution in [3.63, 3.8) is 0 Å². The molecule has 36 heavy (non-hydrogen) atoms. The number of fused-ring (bicyclic) bond motifs is 3. The number of nitrogens with zero attached hydrogens (tertiary/aromatic N) is 3. The standard InChI is InChI=1S/C26H26BrClN4O3Si/c1-15-11-20(35-31-15)24-22(16-5-7-17(27)8-6-16)23-18-12-21(28)32(14-34-9-10-36(2,3)4)25(18)29-13-19(23)30-26(24)33/h5-8,11-13H,9-10,14H2,1-4H3,(H,30,33)/q-1. The second kappa shape index (κ2) is 9.62. The summed E-state index contributed by atoms with van der Waals surface area (Å²) in [6, 6.07) is 12.5. The van der Waals surface area contributed by atoms with Crippen LogP contribution in [0.25, 0.3) is 44.4 Å². The molecule has 4 aromatic heterocycles. The van der Waals surface area contributed by atoms with E-state index in [4.69, 9.17) is 20.9 Å². The van der Waals surface area contributed by atoms with Gasteiger partial charge in [-0.2, -0.15) is 19.6 Å². The van der Waals surface area contributed by atoms with E-state index in [0.29, 0.717) is 46.7 Å². The average Bonchev–Trinajstić information content (AvgIpc) is 3.38. The van der Waals surface area contributed by atoms with E-state index in [1.807, 2.05) is 41.8 Å². The minimum Gasteiger partial charge on any atom is -0.364 e. The Morgan fingerprint density at radius 1 is 1.17 bits per heavy atom. The zero-order valence-corrected chi connectivity index (χ0v) is 23.8. The lowest BCUT2D eigenvalue weighted by Gasteiger charge is -2.26. The Morgan fingerprint density at radius 2 is 1.92 bits per heavy atom.